The van der Waals surface area contributed by atoms with E-state index in [2.05, 4.69) is 22.6 Å². The molecule has 92 valence electrons. The summed E-state index contributed by atoms with van der Waals surface area (Å²) in [6.45, 7) is 2.21. The van der Waals surface area contributed by atoms with E-state index in [-0.39, 0.29) is 5.91 Å². The second kappa shape index (κ2) is 5.54. The van der Waals surface area contributed by atoms with Gasteiger partial charge in [0.1, 0.15) is 0 Å². The van der Waals surface area contributed by atoms with Crippen molar-refractivity contribution in [2.24, 2.45) is 11.7 Å². The minimum atomic E-state index is 0.0549. The predicted octanol–water partition coefficient (Wildman–Crippen LogP) is 2.37. The van der Waals surface area contributed by atoms with Crippen molar-refractivity contribution in [3.05, 3.63) is 32.4 Å². The summed E-state index contributed by atoms with van der Waals surface area (Å²) in [7, 11) is 0. The molecule has 3 nitrogen and oxygen atoms in total. The molecule has 1 aromatic rings. The Morgan fingerprint density at radius 1 is 1.59 bits per heavy atom. The number of carbonyl (C=O) groups excluding carboxylic acids is 1. The van der Waals surface area contributed by atoms with Crippen molar-refractivity contribution in [3.63, 3.8) is 0 Å². The van der Waals surface area contributed by atoms with Crippen molar-refractivity contribution in [1.29, 1.82) is 0 Å². The number of likely N-dealkylation sites (tertiary alicyclic amines) is 1. The first-order valence-electron chi connectivity index (χ1n) is 5.56. The van der Waals surface area contributed by atoms with Gasteiger partial charge in [0.25, 0.3) is 5.91 Å². The molecule has 1 aliphatic rings. The quantitative estimate of drug-likeness (QED) is 0.819. The van der Waals surface area contributed by atoms with Crippen LogP contribution in [0.25, 0.3) is 0 Å². The Kier molecular flexibility index (Phi) is 4.27. The highest BCUT2D eigenvalue weighted by Gasteiger charge is 2.26. The zero-order chi connectivity index (χ0) is 12.4. The van der Waals surface area contributed by atoms with Crippen LogP contribution in [0.15, 0.2) is 18.2 Å². The monoisotopic (exact) mass is 364 g/mol. The highest BCUT2D eigenvalue weighted by molar-refractivity contribution is 14.1. The molecule has 0 saturated carbocycles. The molecular formula is C12H14ClIN2O. The molecule has 17 heavy (non-hydrogen) atoms. The number of benzene rings is 1. The van der Waals surface area contributed by atoms with Crippen molar-refractivity contribution in [2.75, 3.05) is 19.6 Å². The van der Waals surface area contributed by atoms with Crippen LogP contribution in [0.4, 0.5) is 0 Å². The molecule has 1 aromatic carbocycles. The van der Waals surface area contributed by atoms with E-state index in [4.69, 9.17) is 17.3 Å². The lowest BCUT2D eigenvalue weighted by atomic mass is 10.1. The number of rotatable bonds is 2. The van der Waals surface area contributed by atoms with Crippen LogP contribution in [-0.4, -0.2) is 30.4 Å². The maximum atomic E-state index is 12.2. The molecule has 0 spiro atoms. The van der Waals surface area contributed by atoms with Crippen LogP contribution in [0.1, 0.15) is 16.8 Å². The highest BCUT2D eigenvalue weighted by Crippen LogP contribution is 2.22. The van der Waals surface area contributed by atoms with Gasteiger partial charge in [-0.3, -0.25) is 4.79 Å². The zero-order valence-corrected chi connectivity index (χ0v) is 12.2. The molecule has 2 N–H and O–H groups in total. The summed E-state index contributed by atoms with van der Waals surface area (Å²) in [5, 5.41) is 0.631. The number of hydrogen-bond acceptors (Lipinski definition) is 2. The summed E-state index contributed by atoms with van der Waals surface area (Å²) in [6, 6.07) is 5.43. The molecular weight excluding hydrogens is 351 g/mol. The van der Waals surface area contributed by atoms with E-state index in [1.165, 1.54) is 0 Å². The molecule has 1 heterocycles. The lowest BCUT2D eigenvalue weighted by Crippen LogP contribution is -2.29. The number of hydrogen-bond donors (Lipinski definition) is 1. The van der Waals surface area contributed by atoms with Gasteiger partial charge in [0.2, 0.25) is 0 Å². The summed E-state index contributed by atoms with van der Waals surface area (Å²) in [5.74, 6) is 0.498. The van der Waals surface area contributed by atoms with Crippen molar-refractivity contribution < 1.29 is 4.79 Å². The number of amides is 1. The van der Waals surface area contributed by atoms with Gasteiger partial charge >= 0.3 is 0 Å². The topological polar surface area (TPSA) is 46.3 Å². The smallest absolute Gasteiger partial charge is 0.253 e. The fourth-order valence-electron chi connectivity index (χ4n) is 2.02. The number of halogens is 2. The number of nitrogens with two attached hydrogens (primary N) is 1. The second-order valence-corrected chi connectivity index (χ2v) is 5.84. The van der Waals surface area contributed by atoms with Crippen LogP contribution in [0, 0.1) is 9.49 Å². The fourth-order valence-corrected chi connectivity index (χ4v) is 2.54. The third-order valence-electron chi connectivity index (χ3n) is 3.07. The summed E-state index contributed by atoms with van der Waals surface area (Å²) in [4.78, 5) is 14.1. The van der Waals surface area contributed by atoms with Gasteiger partial charge in [0, 0.05) is 22.2 Å². The van der Waals surface area contributed by atoms with Gasteiger partial charge < -0.3 is 10.6 Å². The molecule has 5 heteroatoms. The maximum Gasteiger partial charge on any atom is 0.253 e. The lowest BCUT2D eigenvalue weighted by Gasteiger charge is -2.16. The first-order chi connectivity index (χ1) is 8.11. The van der Waals surface area contributed by atoms with E-state index < -0.39 is 0 Å². The SMILES string of the molecule is NCC1CCN(C(=O)c2ccc(I)c(Cl)c2)C1. The van der Waals surface area contributed by atoms with Crippen LogP contribution in [0.2, 0.25) is 5.02 Å². The van der Waals surface area contributed by atoms with E-state index >= 15 is 0 Å². The minimum absolute atomic E-state index is 0.0549. The van der Waals surface area contributed by atoms with Gasteiger partial charge in [-0.2, -0.15) is 0 Å². The van der Waals surface area contributed by atoms with Crippen LogP contribution in [0.5, 0.6) is 0 Å². The fraction of sp³-hybridized carbons (Fsp3) is 0.417. The van der Waals surface area contributed by atoms with Gasteiger partial charge in [-0.1, -0.05) is 11.6 Å². The van der Waals surface area contributed by atoms with Gasteiger partial charge in [-0.05, 0) is 59.7 Å². The second-order valence-electron chi connectivity index (χ2n) is 4.27. The summed E-state index contributed by atoms with van der Waals surface area (Å²) in [5.41, 5.74) is 6.28. The van der Waals surface area contributed by atoms with Crippen molar-refractivity contribution >= 4 is 40.1 Å². The first kappa shape index (κ1) is 13.1. The molecule has 1 aliphatic heterocycles. The Balaban J connectivity index is 2.12. The van der Waals surface area contributed by atoms with Gasteiger partial charge in [0.15, 0.2) is 0 Å². The molecule has 1 unspecified atom stereocenters. The van der Waals surface area contributed by atoms with Gasteiger partial charge in [-0.25, -0.2) is 0 Å². The molecule has 0 radical (unpaired) electrons. The van der Waals surface area contributed by atoms with Gasteiger partial charge in [0.05, 0.1) is 5.02 Å². The predicted molar refractivity (Wildman–Crippen MR) is 77.2 cm³/mol. The van der Waals surface area contributed by atoms with Crippen LogP contribution in [0.3, 0.4) is 0 Å². The van der Waals surface area contributed by atoms with Crippen LogP contribution in [-0.2, 0) is 0 Å². The Morgan fingerprint density at radius 3 is 2.94 bits per heavy atom. The average Bonchev–Trinajstić information content (AvgIpc) is 2.80. The van der Waals surface area contributed by atoms with E-state index in [0.29, 0.717) is 23.0 Å². The maximum absolute atomic E-state index is 12.2. The summed E-state index contributed by atoms with van der Waals surface area (Å²) in [6.07, 6.45) is 1.00. The van der Waals surface area contributed by atoms with Crippen molar-refractivity contribution in [2.45, 2.75) is 6.42 Å². The molecule has 1 atom stereocenters. The molecule has 1 saturated heterocycles. The summed E-state index contributed by atoms with van der Waals surface area (Å²) < 4.78 is 0.960. The number of carbonyl (C=O) groups is 1. The molecule has 0 bridgehead atoms. The van der Waals surface area contributed by atoms with E-state index in [9.17, 15) is 4.79 Å². The van der Waals surface area contributed by atoms with E-state index in [1.807, 2.05) is 17.0 Å². The van der Waals surface area contributed by atoms with Gasteiger partial charge in [-0.15, -0.1) is 0 Å². The minimum Gasteiger partial charge on any atom is -0.338 e. The Bertz CT molecular complexity index is 439. The standard InChI is InChI=1S/C12H14ClIN2O/c13-10-5-9(1-2-11(10)14)12(17)16-4-3-8(6-15)7-16/h1-2,5,8H,3-4,6-7,15H2. The molecule has 1 fully saturated rings. The van der Waals surface area contributed by atoms with Crippen molar-refractivity contribution in [1.82, 2.24) is 4.90 Å². The molecule has 2 rings (SSSR count). The van der Waals surface area contributed by atoms with Crippen LogP contribution >= 0.6 is 34.2 Å². The average molecular weight is 365 g/mol. The largest absolute Gasteiger partial charge is 0.338 e. The normalized spacial score (nSPS) is 19.7. The van der Waals surface area contributed by atoms with Crippen LogP contribution < -0.4 is 5.73 Å². The first-order valence-corrected chi connectivity index (χ1v) is 7.02. The Labute approximate surface area is 119 Å². The molecule has 1 amide bonds. The number of nitrogens with zero attached hydrogens (tertiary/aromatic N) is 1. The molecule has 0 aliphatic carbocycles. The summed E-state index contributed by atoms with van der Waals surface area (Å²) >= 11 is 8.17. The third kappa shape index (κ3) is 2.92. The zero-order valence-electron chi connectivity index (χ0n) is 9.33. The molecule has 0 aromatic heterocycles. The van der Waals surface area contributed by atoms with E-state index in [0.717, 1.165) is 23.1 Å². The Morgan fingerprint density at radius 2 is 2.35 bits per heavy atom. The highest BCUT2D eigenvalue weighted by atomic mass is 127. The third-order valence-corrected chi connectivity index (χ3v) is 4.65. The lowest BCUT2D eigenvalue weighted by molar-refractivity contribution is 0.0787. The Hall–Kier alpha value is -0.330. The van der Waals surface area contributed by atoms with Crippen molar-refractivity contribution in [3.8, 4) is 0 Å². The van der Waals surface area contributed by atoms with E-state index in [1.54, 1.807) is 6.07 Å².